The van der Waals surface area contributed by atoms with Crippen molar-refractivity contribution < 1.29 is 4.79 Å². The van der Waals surface area contributed by atoms with Crippen LogP contribution < -0.4 is 5.32 Å². The predicted molar refractivity (Wildman–Crippen MR) is 144 cm³/mol. The number of benzene rings is 2. The summed E-state index contributed by atoms with van der Waals surface area (Å²) in [5.74, 6) is 0.804. The summed E-state index contributed by atoms with van der Waals surface area (Å²) in [5, 5.41) is 13.6. The van der Waals surface area contributed by atoms with E-state index in [4.69, 9.17) is 4.98 Å². The Morgan fingerprint density at radius 2 is 1.83 bits per heavy atom. The van der Waals surface area contributed by atoms with Crippen LogP contribution in [-0.4, -0.2) is 42.9 Å². The second-order valence-electron chi connectivity index (χ2n) is 8.67. The van der Waals surface area contributed by atoms with Gasteiger partial charge >= 0.3 is 0 Å². The molecule has 0 saturated carbocycles. The lowest BCUT2D eigenvalue weighted by molar-refractivity contribution is -0.121. The molecule has 0 unspecified atom stereocenters. The smallest absolute Gasteiger partial charge is 0.220 e. The van der Waals surface area contributed by atoms with Crippen molar-refractivity contribution >= 4 is 39.7 Å². The molecule has 0 bridgehead atoms. The van der Waals surface area contributed by atoms with Crippen LogP contribution in [0.1, 0.15) is 29.7 Å². The number of nitrogens with one attached hydrogen (secondary N) is 1. The Morgan fingerprint density at radius 3 is 2.69 bits per heavy atom. The first kappa shape index (κ1) is 23.9. The van der Waals surface area contributed by atoms with Crippen LogP contribution in [0.5, 0.6) is 0 Å². The lowest BCUT2D eigenvalue weighted by Crippen LogP contribution is -2.25. The summed E-state index contributed by atoms with van der Waals surface area (Å²) in [6, 6.07) is 22.5. The van der Waals surface area contributed by atoms with Gasteiger partial charge in [0.2, 0.25) is 11.1 Å². The van der Waals surface area contributed by atoms with Crippen molar-refractivity contribution in [1.82, 2.24) is 30.0 Å². The monoisotopic (exact) mass is 496 g/mol. The summed E-state index contributed by atoms with van der Waals surface area (Å²) < 4.78 is 2.22. The first-order valence-corrected chi connectivity index (χ1v) is 13.1. The SMILES string of the molecule is Cc1ccccc1Cn1c2ccccc2c2nnc(SCCCC(=O)NCCc3ccccn3)nc21. The summed E-state index contributed by atoms with van der Waals surface area (Å²) in [5.41, 5.74) is 6.23. The van der Waals surface area contributed by atoms with Crippen LogP contribution in [0, 0.1) is 6.92 Å². The summed E-state index contributed by atoms with van der Waals surface area (Å²) >= 11 is 1.54. The Labute approximate surface area is 214 Å². The molecule has 1 amide bonds. The Morgan fingerprint density at radius 1 is 1.00 bits per heavy atom. The number of aryl methyl sites for hydroxylation is 1. The third kappa shape index (κ3) is 5.54. The van der Waals surface area contributed by atoms with Crippen molar-refractivity contribution in [2.24, 2.45) is 0 Å². The van der Waals surface area contributed by atoms with Crippen molar-refractivity contribution in [1.29, 1.82) is 0 Å². The minimum Gasteiger partial charge on any atom is -0.356 e. The fraction of sp³-hybridized carbons (Fsp3) is 0.250. The Balaban J connectivity index is 1.22. The molecule has 5 rings (SSSR count). The van der Waals surface area contributed by atoms with E-state index in [-0.39, 0.29) is 5.91 Å². The molecular weight excluding hydrogens is 468 g/mol. The third-order valence-corrected chi connectivity index (χ3v) is 7.08. The minimum absolute atomic E-state index is 0.0550. The molecule has 3 heterocycles. The molecule has 0 aliphatic carbocycles. The second kappa shape index (κ2) is 11.3. The maximum atomic E-state index is 12.2. The molecule has 7 nitrogen and oxygen atoms in total. The maximum Gasteiger partial charge on any atom is 0.220 e. The Hall–Kier alpha value is -3.78. The molecule has 0 atom stereocenters. The molecular formula is C28H28N6OS. The average Bonchev–Trinajstić information content (AvgIpc) is 3.21. The van der Waals surface area contributed by atoms with Crippen molar-refractivity contribution in [2.45, 2.75) is 37.9 Å². The summed E-state index contributed by atoms with van der Waals surface area (Å²) in [4.78, 5) is 21.3. The summed E-state index contributed by atoms with van der Waals surface area (Å²) in [6.07, 6.45) is 3.72. The van der Waals surface area contributed by atoms with E-state index in [0.717, 1.165) is 52.9 Å². The maximum absolute atomic E-state index is 12.2. The van der Waals surface area contributed by atoms with Gasteiger partial charge in [-0.3, -0.25) is 9.78 Å². The van der Waals surface area contributed by atoms with Crippen molar-refractivity contribution in [2.75, 3.05) is 12.3 Å². The van der Waals surface area contributed by atoms with Gasteiger partial charge < -0.3 is 9.88 Å². The molecule has 5 aromatic rings. The first-order chi connectivity index (χ1) is 17.7. The number of rotatable bonds is 10. The van der Waals surface area contributed by atoms with Crippen molar-refractivity contribution in [3.8, 4) is 0 Å². The van der Waals surface area contributed by atoms with E-state index >= 15 is 0 Å². The van der Waals surface area contributed by atoms with E-state index in [9.17, 15) is 4.79 Å². The molecule has 2 aromatic carbocycles. The molecule has 0 aliphatic rings. The van der Waals surface area contributed by atoms with Crippen molar-refractivity contribution in [3.63, 3.8) is 0 Å². The zero-order chi connectivity index (χ0) is 24.7. The number of nitrogens with zero attached hydrogens (tertiary/aromatic N) is 5. The lowest BCUT2D eigenvalue weighted by atomic mass is 10.1. The summed E-state index contributed by atoms with van der Waals surface area (Å²) in [6.45, 7) is 3.45. The highest BCUT2D eigenvalue weighted by Crippen LogP contribution is 2.28. The van der Waals surface area contributed by atoms with Crippen molar-refractivity contribution in [3.05, 3.63) is 89.7 Å². The van der Waals surface area contributed by atoms with Gasteiger partial charge in [-0.2, -0.15) is 0 Å². The molecule has 0 fully saturated rings. The molecule has 36 heavy (non-hydrogen) atoms. The first-order valence-electron chi connectivity index (χ1n) is 12.1. The Bertz CT molecular complexity index is 1480. The van der Waals surface area contributed by atoms with Crippen LogP contribution in [0.3, 0.4) is 0 Å². The Kier molecular flexibility index (Phi) is 7.52. The van der Waals surface area contributed by atoms with Gasteiger partial charge in [-0.15, -0.1) is 10.2 Å². The quantitative estimate of drug-likeness (QED) is 0.217. The summed E-state index contributed by atoms with van der Waals surface area (Å²) in [7, 11) is 0. The van der Waals surface area contributed by atoms with E-state index in [1.165, 1.54) is 22.9 Å². The molecule has 1 N–H and O–H groups in total. The third-order valence-electron chi connectivity index (χ3n) is 6.15. The molecule has 0 spiro atoms. The van der Waals surface area contributed by atoms with Gasteiger partial charge in [0.05, 0.1) is 5.52 Å². The number of para-hydroxylation sites is 1. The fourth-order valence-corrected chi connectivity index (χ4v) is 4.95. The number of hydrogen-bond donors (Lipinski definition) is 1. The molecule has 0 saturated heterocycles. The topological polar surface area (TPSA) is 85.6 Å². The average molecular weight is 497 g/mol. The van der Waals surface area contributed by atoms with Gasteiger partial charge in [0.25, 0.3) is 0 Å². The van der Waals surface area contributed by atoms with E-state index in [0.29, 0.717) is 18.1 Å². The molecule has 0 aliphatic heterocycles. The lowest BCUT2D eigenvalue weighted by Gasteiger charge is -2.09. The number of thioether (sulfide) groups is 1. The number of pyridine rings is 1. The van der Waals surface area contributed by atoms with Gasteiger partial charge in [0.1, 0.15) is 5.52 Å². The van der Waals surface area contributed by atoms with E-state index in [1.54, 1.807) is 6.20 Å². The van der Waals surface area contributed by atoms with Crippen LogP contribution in [0.25, 0.3) is 22.1 Å². The zero-order valence-corrected chi connectivity index (χ0v) is 21.0. The highest BCUT2D eigenvalue weighted by Gasteiger charge is 2.15. The predicted octanol–water partition coefficient (Wildman–Crippen LogP) is 4.96. The van der Waals surface area contributed by atoms with Gasteiger partial charge in [0.15, 0.2) is 5.65 Å². The van der Waals surface area contributed by atoms with Crippen LogP contribution >= 0.6 is 11.8 Å². The number of aromatic nitrogens is 5. The van der Waals surface area contributed by atoms with Gasteiger partial charge in [-0.1, -0.05) is 60.3 Å². The second-order valence-corrected chi connectivity index (χ2v) is 9.73. The van der Waals surface area contributed by atoms with Gasteiger partial charge in [0, 0.05) is 49.0 Å². The molecule has 8 heteroatoms. The highest BCUT2D eigenvalue weighted by molar-refractivity contribution is 7.99. The highest BCUT2D eigenvalue weighted by atomic mass is 32.2. The number of carbonyl (C=O) groups is 1. The van der Waals surface area contributed by atoms with Gasteiger partial charge in [-0.25, -0.2) is 4.98 Å². The normalized spacial score (nSPS) is 11.2. The number of carbonyl (C=O) groups excluding carboxylic acids is 1. The standard InChI is InChI=1S/C28H28N6OS/c1-20-9-2-3-10-21(20)19-34-24-13-5-4-12-23(24)26-27(34)31-28(33-32-26)36-18-8-14-25(35)30-17-15-22-11-6-7-16-29-22/h2-7,9-13,16H,8,14-15,17-19H2,1H3,(H,30,35). The van der Waals surface area contributed by atoms with Crippen LogP contribution in [0.4, 0.5) is 0 Å². The number of amides is 1. The number of fused-ring (bicyclic) bond motifs is 3. The van der Waals surface area contributed by atoms with E-state index < -0.39 is 0 Å². The van der Waals surface area contributed by atoms with Crippen LogP contribution in [0.2, 0.25) is 0 Å². The van der Waals surface area contributed by atoms with E-state index in [1.807, 2.05) is 30.3 Å². The molecule has 182 valence electrons. The van der Waals surface area contributed by atoms with Crippen LogP contribution in [0.15, 0.2) is 78.1 Å². The fourth-order valence-electron chi connectivity index (χ4n) is 4.23. The minimum atomic E-state index is 0.0550. The molecule has 3 aromatic heterocycles. The zero-order valence-electron chi connectivity index (χ0n) is 20.2. The number of hydrogen-bond acceptors (Lipinski definition) is 6. The van der Waals surface area contributed by atoms with Gasteiger partial charge in [-0.05, 0) is 42.7 Å². The van der Waals surface area contributed by atoms with Crippen LogP contribution in [-0.2, 0) is 17.8 Å². The van der Waals surface area contributed by atoms with E-state index in [2.05, 4.69) is 68.4 Å². The largest absolute Gasteiger partial charge is 0.356 e. The molecule has 0 radical (unpaired) electrons.